The van der Waals surface area contributed by atoms with Crippen LogP contribution in [-0.2, 0) is 0 Å². The average Bonchev–Trinajstić information content (AvgIpc) is 1.78. The predicted molar refractivity (Wildman–Crippen MR) is 48.8 cm³/mol. The van der Waals surface area contributed by atoms with Crippen LogP contribution in [0.5, 0.6) is 0 Å². The zero-order chi connectivity index (χ0) is 8.04. The molecule has 0 radical (unpaired) electrons. The van der Waals surface area contributed by atoms with Crippen molar-refractivity contribution in [2.24, 2.45) is 0 Å². The number of hydrogen-bond acceptors (Lipinski definition) is 1. The lowest BCUT2D eigenvalue weighted by molar-refractivity contribution is 0.289. The second kappa shape index (κ2) is 4.69. The second-order valence-corrected chi connectivity index (χ2v) is 8.70. The number of rotatable bonds is 4. The van der Waals surface area contributed by atoms with Crippen molar-refractivity contribution in [1.29, 1.82) is 0 Å². The molecule has 2 heteroatoms. The van der Waals surface area contributed by atoms with Crippen LogP contribution < -0.4 is 0 Å². The number of unbranched alkanes of at least 4 members (excludes halogenated alkanes) is 1. The summed E-state index contributed by atoms with van der Waals surface area (Å²) in [6.45, 7) is 7.24. The Labute approximate surface area is 64.8 Å². The van der Waals surface area contributed by atoms with Gasteiger partial charge in [-0.3, -0.25) is 0 Å². The summed E-state index contributed by atoms with van der Waals surface area (Å²) >= 11 is 0. The van der Waals surface area contributed by atoms with Crippen LogP contribution in [0.4, 0.5) is 0 Å². The summed E-state index contributed by atoms with van der Waals surface area (Å²) in [5, 5.41) is 8.47. The molecule has 0 aliphatic carbocycles. The van der Waals surface area contributed by atoms with Gasteiger partial charge in [0.2, 0.25) is 0 Å². The van der Waals surface area contributed by atoms with Crippen molar-refractivity contribution in [1.82, 2.24) is 0 Å². The third-order valence-corrected chi connectivity index (χ3v) is 2.38. The quantitative estimate of drug-likeness (QED) is 0.491. The highest BCUT2D eigenvalue weighted by Crippen LogP contribution is 2.03. The van der Waals surface area contributed by atoms with Gasteiger partial charge in [0.05, 0.1) is 8.07 Å². The van der Waals surface area contributed by atoms with Crippen molar-refractivity contribution >= 4 is 8.07 Å². The number of aliphatic hydroxyl groups is 1. The van der Waals surface area contributed by atoms with Gasteiger partial charge < -0.3 is 5.11 Å². The van der Waals surface area contributed by atoms with E-state index in [1.165, 1.54) is 0 Å². The first-order chi connectivity index (χ1) is 4.56. The summed E-state index contributed by atoms with van der Waals surface area (Å²) in [7, 11) is -0.969. The van der Waals surface area contributed by atoms with Crippen molar-refractivity contribution in [2.75, 3.05) is 6.61 Å². The second-order valence-electron chi connectivity index (χ2n) is 3.63. The zero-order valence-electron chi connectivity index (χ0n) is 7.22. The Morgan fingerprint density at radius 3 is 2.30 bits per heavy atom. The molecule has 0 spiro atoms. The van der Waals surface area contributed by atoms with Crippen molar-refractivity contribution in [3.05, 3.63) is 11.8 Å². The van der Waals surface area contributed by atoms with Gasteiger partial charge in [0.25, 0.3) is 0 Å². The van der Waals surface area contributed by atoms with Gasteiger partial charge in [-0.2, -0.15) is 0 Å². The topological polar surface area (TPSA) is 20.2 Å². The van der Waals surface area contributed by atoms with Crippen LogP contribution in [0.1, 0.15) is 12.8 Å². The van der Waals surface area contributed by atoms with E-state index in [1.54, 1.807) is 0 Å². The third-order valence-electron chi connectivity index (χ3n) is 1.15. The Bertz CT molecular complexity index is 102. The van der Waals surface area contributed by atoms with Gasteiger partial charge in [0, 0.05) is 6.61 Å². The maximum Gasteiger partial charge on any atom is 0.0682 e. The van der Waals surface area contributed by atoms with Gasteiger partial charge in [0.15, 0.2) is 0 Å². The molecule has 0 saturated heterocycles. The van der Waals surface area contributed by atoms with Crippen LogP contribution in [0.2, 0.25) is 19.6 Å². The number of allylic oxidation sites excluding steroid dienone is 1. The SMILES string of the molecule is C[Si](C)(C)/C=C\CCCO. The Hall–Kier alpha value is -0.0831. The monoisotopic (exact) mass is 158 g/mol. The minimum absolute atomic E-state index is 0.316. The molecule has 60 valence electrons. The third kappa shape index (κ3) is 7.92. The molecule has 0 aliphatic heterocycles. The molecule has 0 atom stereocenters. The summed E-state index contributed by atoms with van der Waals surface area (Å²) in [6, 6.07) is 0. The summed E-state index contributed by atoms with van der Waals surface area (Å²) in [4.78, 5) is 0. The van der Waals surface area contributed by atoms with Crippen molar-refractivity contribution < 1.29 is 5.11 Å². The summed E-state index contributed by atoms with van der Waals surface area (Å²) in [5.74, 6) is 0. The fraction of sp³-hybridized carbons (Fsp3) is 0.750. The lowest BCUT2D eigenvalue weighted by Crippen LogP contribution is -2.15. The smallest absolute Gasteiger partial charge is 0.0682 e. The highest BCUT2D eigenvalue weighted by Gasteiger charge is 2.05. The van der Waals surface area contributed by atoms with Crippen molar-refractivity contribution in [2.45, 2.75) is 32.5 Å². The van der Waals surface area contributed by atoms with E-state index in [9.17, 15) is 0 Å². The average molecular weight is 158 g/mol. The van der Waals surface area contributed by atoms with Gasteiger partial charge in [0.1, 0.15) is 0 Å². The molecule has 0 unspecified atom stereocenters. The normalized spacial score (nSPS) is 12.8. The van der Waals surface area contributed by atoms with E-state index in [1.807, 2.05) is 0 Å². The summed E-state index contributed by atoms with van der Waals surface area (Å²) < 4.78 is 0. The Balaban J connectivity index is 3.37. The van der Waals surface area contributed by atoms with Crippen LogP contribution in [0.25, 0.3) is 0 Å². The fourth-order valence-corrected chi connectivity index (χ4v) is 1.52. The van der Waals surface area contributed by atoms with Gasteiger partial charge in [-0.15, -0.1) is 0 Å². The molecule has 0 heterocycles. The maximum absolute atomic E-state index is 8.47. The van der Waals surface area contributed by atoms with Crippen LogP contribution in [0.3, 0.4) is 0 Å². The molecule has 0 rings (SSSR count). The van der Waals surface area contributed by atoms with E-state index < -0.39 is 8.07 Å². The van der Waals surface area contributed by atoms with E-state index in [0.29, 0.717) is 6.61 Å². The molecule has 0 fully saturated rings. The van der Waals surface area contributed by atoms with E-state index in [2.05, 4.69) is 31.4 Å². The zero-order valence-corrected chi connectivity index (χ0v) is 8.22. The lowest BCUT2D eigenvalue weighted by atomic mass is 10.3. The highest BCUT2D eigenvalue weighted by atomic mass is 28.3. The first-order valence-electron chi connectivity index (χ1n) is 3.85. The van der Waals surface area contributed by atoms with E-state index in [-0.39, 0.29) is 0 Å². The molecule has 1 nitrogen and oxygen atoms in total. The molecular weight excluding hydrogens is 140 g/mol. The van der Waals surface area contributed by atoms with Gasteiger partial charge in [-0.05, 0) is 12.8 Å². The van der Waals surface area contributed by atoms with Gasteiger partial charge >= 0.3 is 0 Å². The van der Waals surface area contributed by atoms with Crippen LogP contribution >= 0.6 is 0 Å². The van der Waals surface area contributed by atoms with E-state index in [0.717, 1.165) is 12.8 Å². The van der Waals surface area contributed by atoms with Gasteiger partial charge in [-0.25, -0.2) is 0 Å². The summed E-state index contributed by atoms with van der Waals surface area (Å²) in [5.41, 5.74) is 2.32. The largest absolute Gasteiger partial charge is 0.396 e. The molecule has 0 aromatic rings. The molecular formula is C8H18OSi. The molecule has 0 aromatic carbocycles. The molecule has 0 saturated carbocycles. The Morgan fingerprint density at radius 2 is 1.90 bits per heavy atom. The minimum atomic E-state index is -0.969. The van der Waals surface area contributed by atoms with Crippen molar-refractivity contribution in [3.8, 4) is 0 Å². The maximum atomic E-state index is 8.47. The predicted octanol–water partition coefficient (Wildman–Crippen LogP) is 2.19. The standard InChI is InChI=1S/C8H18OSi/c1-10(2,3)8-6-4-5-7-9/h6,8-9H,4-5,7H2,1-3H3/b8-6-. The van der Waals surface area contributed by atoms with Crippen LogP contribution in [-0.4, -0.2) is 19.8 Å². The fourth-order valence-electron chi connectivity index (χ4n) is 0.646. The molecule has 1 N–H and O–H groups in total. The molecule has 0 aliphatic rings. The van der Waals surface area contributed by atoms with Crippen molar-refractivity contribution in [3.63, 3.8) is 0 Å². The van der Waals surface area contributed by atoms with Crippen LogP contribution in [0.15, 0.2) is 11.8 Å². The van der Waals surface area contributed by atoms with E-state index in [4.69, 9.17) is 5.11 Å². The number of aliphatic hydroxyl groups excluding tert-OH is 1. The van der Waals surface area contributed by atoms with E-state index >= 15 is 0 Å². The molecule has 0 aromatic heterocycles. The highest BCUT2D eigenvalue weighted by molar-refractivity contribution is 6.80. The minimum Gasteiger partial charge on any atom is -0.396 e. The molecule has 0 bridgehead atoms. The van der Waals surface area contributed by atoms with Crippen LogP contribution in [0, 0.1) is 0 Å². The Kier molecular flexibility index (Phi) is 4.65. The van der Waals surface area contributed by atoms with Gasteiger partial charge in [-0.1, -0.05) is 31.4 Å². The first-order valence-corrected chi connectivity index (χ1v) is 7.42. The molecule has 0 amide bonds. The Morgan fingerprint density at radius 1 is 1.30 bits per heavy atom. The lowest BCUT2D eigenvalue weighted by Gasteiger charge is -2.07. The first kappa shape index (κ1) is 9.92. The number of hydrogen-bond donors (Lipinski definition) is 1. The summed E-state index contributed by atoms with van der Waals surface area (Å²) in [6.07, 6.45) is 4.13. The molecule has 10 heavy (non-hydrogen) atoms.